The lowest BCUT2D eigenvalue weighted by atomic mass is 10.1. The molecular formula is C15H19N5. The summed E-state index contributed by atoms with van der Waals surface area (Å²) in [6.07, 6.45) is 1.90. The first kappa shape index (κ1) is 13.9. The van der Waals surface area contributed by atoms with Crippen LogP contribution < -0.4 is 11.1 Å². The number of benzene rings is 1. The van der Waals surface area contributed by atoms with Crippen molar-refractivity contribution in [3.8, 4) is 6.07 Å². The van der Waals surface area contributed by atoms with Crippen molar-refractivity contribution in [1.82, 2.24) is 9.78 Å². The van der Waals surface area contributed by atoms with E-state index in [1.165, 1.54) is 0 Å². The fraction of sp³-hybridized carbons (Fsp3) is 0.333. The average molecular weight is 269 g/mol. The minimum atomic E-state index is 0.616. The summed E-state index contributed by atoms with van der Waals surface area (Å²) in [7, 11) is 1.88. The molecule has 2 aromatic rings. The number of nitrogen functional groups attached to an aromatic ring is 1. The van der Waals surface area contributed by atoms with Gasteiger partial charge in [-0.25, -0.2) is 0 Å². The van der Waals surface area contributed by atoms with Gasteiger partial charge in [0.2, 0.25) is 0 Å². The molecule has 0 radical (unpaired) electrons. The highest BCUT2D eigenvalue weighted by Gasteiger charge is 2.12. The van der Waals surface area contributed by atoms with Gasteiger partial charge in [0.05, 0.1) is 23.0 Å². The smallest absolute Gasteiger partial charge is 0.148 e. The van der Waals surface area contributed by atoms with E-state index in [0.717, 1.165) is 29.9 Å². The van der Waals surface area contributed by atoms with Crippen LogP contribution in [0.3, 0.4) is 0 Å². The molecule has 0 saturated heterocycles. The number of hydrogen-bond donors (Lipinski definition) is 2. The van der Waals surface area contributed by atoms with Crippen molar-refractivity contribution < 1.29 is 0 Å². The van der Waals surface area contributed by atoms with Gasteiger partial charge in [0.15, 0.2) is 0 Å². The van der Waals surface area contributed by atoms with Crippen LogP contribution in [0, 0.1) is 11.3 Å². The number of aromatic nitrogens is 2. The summed E-state index contributed by atoms with van der Waals surface area (Å²) in [6, 6.07) is 9.66. The van der Waals surface area contributed by atoms with Crippen molar-refractivity contribution in [3.05, 3.63) is 41.1 Å². The van der Waals surface area contributed by atoms with Crippen molar-refractivity contribution in [1.29, 1.82) is 5.26 Å². The number of nitrogens with one attached hydrogen (secondary N) is 1. The van der Waals surface area contributed by atoms with Crippen LogP contribution in [0.4, 0.5) is 11.5 Å². The van der Waals surface area contributed by atoms with E-state index < -0.39 is 0 Å². The van der Waals surface area contributed by atoms with E-state index >= 15 is 0 Å². The van der Waals surface area contributed by atoms with Crippen molar-refractivity contribution in [2.75, 3.05) is 11.1 Å². The standard InChI is InChI=1S/C15H19N5/c1-3-5-13-14(17)15(20(2)19-13)18-10-12-7-4-6-11(8-12)9-16/h4,6-8,18H,3,5,10,17H2,1-2H3. The van der Waals surface area contributed by atoms with Crippen molar-refractivity contribution in [3.63, 3.8) is 0 Å². The number of nitriles is 1. The quantitative estimate of drug-likeness (QED) is 0.873. The van der Waals surface area contributed by atoms with E-state index in [1.54, 1.807) is 10.7 Å². The molecule has 0 atom stereocenters. The summed E-state index contributed by atoms with van der Waals surface area (Å²) in [6.45, 7) is 2.72. The van der Waals surface area contributed by atoms with E-state index in [-0.39, 0.29) is 0 Å². The molecule has 0 amide bonds. The van der Waals surface area contributed by atoms with Crippen LogP contribution in [0.1, 0.15) is 30.2 Å². The molecular weight excluding hydrogens is 250 g/mol. The van der Waals surface area contributed by atoms with Crippen LogP contribution in [0.2, 0.25) is 0 Å². The number of nitrogens with two attached hydrogens (primary N) is 1. The van der Waals surface area contributed by atoms with Gasteiger partial charge in [-0.3, -0.25) is 4.68 Å². The van der Waals surface area contributed by atoms with Crippen molar-refractivity contribution >= 4 is 11.5 Å². The van der Waals surface area contributed by atoms with Crippen LogP contribution in [0.25, 0.3) is 0 Å². The highest BCUT2D eigenvalue weighted by molar-refractivity contribution is 5.65. The first-order chi connectivity index (χ1) is 9.65. The molecule has 1 aromatic heterocycles. The number of nitrogens with zero attached hydrogens (tertiary/aromatic N) is 3. The molecule has 1 heterocycles. The fourth-order valence-corrected chi connectivity index (χ4v) is 2.16. The zero-order valence-corrected chi connectivity index (χ0v) is 11.8. The third-order valence-corrected chi connectivity index (χ3v) is 3.16. The lowest BCUT2D eigenvalue weighted by molar-refractivity contribution is 0.735. The summed E-state index contributed by atoms with van der Waals surface area (Å²) >= 11 is 0. The van der Waals surface area contributed by atoms with Crippen LogP contribution in [0.5, 0.6) is 0 Å². The van der Waals surface area contributed by atoms with Gasteiger partial charge in [0.1, 0.15) is 5.82 Å². The Morgan fingerprint density at radius 1 is 1.45 bits per heavy atom. The lowest BCUT2D eigenvalue weighted by Crippen LogP contribution is -2.06. The summed E-state index contributed by atoms with van der Waals surface area (Å²) in [4.78, 5) is 0. The lowest BCUT2D eigenvalue weighted by Gasteiger charge is -2.08. The molecule has 1 aromatic carbocycles. The third-order valence-electron chi connectivity index (χ3n) is 3.16. The molecule has 20 heavy (non-hydrogen) atoms. The normalized spacial score (nSPS) is 10.2. The molecule has 104 valence electrons. The van der Waals surface area contributed by atoms with Crippen molar-refractivity contribution in [2.45, 2.75) is 26.3 Å². The van der Waals surface area contributed by atoms with Crippen LogP contribution in [0.15, 0.2) is 24.3 Å². The monoisotopic (exact) mass is 269 g/mol. The molecule has 0 bridgehead atoms. The summed E-state index contributed by atoms with van der Waals surface area (Å²) in [5, 5.41) is 16.6. The Labute approximate surface area is 119 Å². The number of aryl methyl sites for hydroxylation is 2. The van der Waals surface area contributed by atoms with Crippen LogP contribution in [-0.4, -0.2) is 9.78 Å². The van der Waals surface area contributed by atoms with Gasteiger partial charge in [-0.15, -0.1) is 0 Å². The molecule has 3 N–H and O–H groups in total. The minimum Gasteiger partial charge on any atom is -0.394 e. The largest absolute Gasteiger partial charge is 0.394 e. The predicted molar refractivity (Wildman–Crippen MR) is 80.1 cm³/mol. The van der Waals surface area contributed by atoms with E-state index in [0.29, 0.717) is 17.8 Å². The number of anilines is 2. The Bertz CT molecular complexity index is 636. The predicted octanol–water partition coefficient (Wildman–Crippen LogP) is 2.44. The highest BCUT2D eigenvalue weighted by Crippen LogP contribution is 2.23. The molecule has 5 nitrogen and oxygen atoms in total. The third kappa shape index (κ3) is 2.91. The van der Waals surface area contributed by atoms with E-state index in [9.17, 15) is 0 Å². The Morgan fingerprint density at radius 2 is 2.25 bits per heavy atom. The van der Waals surface area contributed by atoms with Crippen molar-refractivity contribution in [2.24, 2.45) is 7.05 Å². The fourth-order valence-electron chi connectivity index (χ4n) is 2.16. The van der Waals surface area contributed by atoms with Gasteiger partial charge in [-0.05, 0) is 24.1 Å². The molecule has 0 unspecified atom stereocenters. The molecule has 0 spiro atoms. The number of rotatable bonds is 5. The first-order valence-electron chi connectivity index (χ1n) is 6.70. The Balaban J connectivity index is 2.13. The average Bonchev–Trinajstić information content (AvgIpc) is 2.72. The second-order valence-corrected chi connectivity index (χ2v) is 4.75. The SMILES string of the molecule is CCCc1nn(C)c(NCc2cccc(C#N)c2)c1N. The van der Waals surface area contributed by atoms with Gasteiger partial charge >= 0.3 is 0 Å². The highest BCUT2D eigenvalue weighted by atomic mass is 15.3. The first-order valence-corrected chi connectivity index (χ1v) is 6.70. The minimum absolute atomic E-state index is 0.616. The summed E-state index contributed by atoms with van der Waals surface area (Å²) in [5.41, 5.74) is 9.46. The Hall–Kier alpha value is -2.48. The maximum Gasteiger partial charge on any atom is 0.148 e. The Kier molecular flexibility index (Phi) is 4.26. The van der Waals surface area contributed by atoms with Gasteiger partial charge in [0, 0.05) is 13.6 Å². The van der Waals surface area contributed by atoms with E-state index in [2.05, 4.69) is 23.4 Å². The Morgan fingerprint density at radius 3 is 2.95 bits per heavy atom. The maximum atomic E-state index is 8.89. The molecule has 0 aliphatic carbocycles. The molecule has 0 saturated carbocycles. The van der Waals surface area contributed by atoms with E-state index in [1.807, 2.05) is 25.2 Å². The topological polar surface area (TPSA) is 79.7 Å². The zero-order chi connectivity index (χ0) is 14.5. The zero-order valence-electron chi connectivity index (χ0n) is 11.8. The maximum absolute atomic E-state index is 8.89. The molecule has 2 rings (SSSR count). The van der Waals surface area contributed by atoms with Crippen LogP contribution >= 0.6 is 0 Å². The summed E-state index contributed by atoms with van der Waals surface area (Å²) in [5.74, 6) is 0.829. The van der Waals surface area contributed by atoms with Gasteiger partial charge in [0.25, 0.3) is 0 Å². The van der Waals surface area contributed by atoms with Crippen LogP contribution in [-0.2, 0) is 20.0 Å². The van der Waals surface area contributed by atoms with E-state index in [4.69, 9.17) is 11.0 Å². The second kappa shape index (κ2) is 6.11. The van der Waals surface area contributed by atoms with Gasteiger partial charge < -0.3 is 11.1 Å². The second-order valence-electron chi connectivity index (χ2n) is 4.75. The molecule has 0 aliphatic heterocycles. The van der Waals surface area contributed by atoms with Gasteiger partial charge in [-0.1, -0.05) is 25.5 Å². The molecule has 5 heteroatoms. The number of hydrogen-bond acceptors (Lipinski definition) is 4. The molecule has 0 fully saturated rings. The van der Waals surface area contributed by atoms with Gasteiger partial charge in [-0.2, -0.15) is 10.4 Å². The molecule has 0 aliphatic rings. The summed E-state index contributed by atoms with van der Waals surface area (Å²) < 4.78 is 1.77.